The van der Waals surface area contributed by atoms with Crippen LogP contribution in [0.25, 0.3) is 0 Å². The van der Waals surface area contributed by atoms with E-state index in [4.69, 9.17) is 0 Å². The summed E-state index contributed by atoms with van der Waals surface area (Å²) >= 11 is 0. The largest absolute Gasteiger partial charge is 0.372 e. The Hall–Kier alpha value is -3.76. The third-order valence-corrected chi connectivity index (χ3v) is 6.01. The number of hydrogen-bond acceptors (Lipinski definition) is 1. The van der Waals surface area contributed by atoms with Gasteiger partial charge in [-0.3, -0.25) is 0 Å². The standard InChI is InChI=1S/C31H29N/c1-3-32(4-2)30-22-20-29(21-23-30)31(27-16-10-6-11-17-27,28-18-12-7-13-19-28)25-24-26-14-8-5-9-15-26/h5-23H,3-4H2,1-2H3. The van der Waals surface area contributed by atoms with Crippen LogP contribution in [-0.2, 0) is 5.41 Å². The molecule has 1 nitrogen and oxygen atoms in total. The lowest BCUT2D eigenvalue weighted by Gasteiger charge is -2.31. The van der Waals surface area contributed by atoms with Crippen molar-refractivity contribution in [3.63, 3.8) is 0 Å². The molecule has 0 aliphatic carbocycles. The minimum atomic E-state index is -0.569. The lowest BCUT2D eigenvalue weighted by molar-refractivity contribution is 0.806. The van der Waals surface area contributed by atoms with E-state index in [-0.39, 0.29) is 0 Å². The first-order valence-electron chi connectivity index (χ1n) is 11.3. The Morgan fingerprint density at radius 3 is 1.47 bits per heavy atom. The quantitative estimate of drug-likeness (QED) is 0.244. The molecular formula is C31H29N. The summed E-state index contributed by atoms with van der Waals surface area (Å²) in [6.07, 6.45) is 0. The second kappa shape index (κ2) is 10.0. The molecule has 0 aliphatic rings. The molecule has 0 saturated carbocycles. The van der Waals surface area contributed by atoms with Crippen molar-refractivity contribution in [2.24, 2.45) is 0 Å². The van der Waals surface area contributed by atoms with Crippen LogP contribution in [0.4, 0.5) is 5.69 Å². The SMILES string of the molecule is CCN(CC)c1ccc(C(C#Cc2ccccc2)(c2ccccc2)c2ccccc2)cc1. The van der Waals surface area contributed by atoms with E-state index in [0.29, 0.717) is 0 Å². The third kappa shape index (κ3) is 4.32. The van der Waals surface area contributed by atoms with Gasteiger partial charge in [-0.25, -0.2) is 0 Å². The Balaban J connectivity index is 1.96. The second-order valence-corrected chi connectivity index (χ2v) is 7.82. The van der Waals surface area contributed by atoms with E-state index in [2.05, 4.69) is 128 Å². The Labute approximate surface area is 192 Å². The lowest BCUT2D eigenvalue weighted by atomic mass is 9.70. The molecule has 1 heteroatoms. The van der Waals surface area contributed by atoms with Crippen molar-refractivity contribution in [3.05, 3.63) is 138 Å². The molecule has 32 heavy (non-hydrogen) atoms. The van der Waals surface area contributed by atoms with Crippen LogP contribution in [0.5, 0.6) is 0 Å². The van der Waals surface area contributed by atoms with Crippen molar-refractivity contribution in [3.8, 4) is 11.8 Å². The van der Waals surface area contributed by atoms with Gasteiger partial charge in [-0.1, -0.05) is 103 Å². The molecular weight excluding hydrogens is 386 g/mol. The highest BCUT2D eigenvalue weighted by atomic mass is 15.1. The van der Waals surface area contributed by atoms with E-state index in [9.17, 15) is 0 Å². The zero-order valence-corrected chi connectivity index (χ0v) is 18.8. The first-order valence-corrected chi connectivity index (χ1v) is 11.3. The minimum absolute atomic E-state index is 0.569. The number of hydrogen-bond donors (Lipinski definition) is 0. The molecule has 0 aromatic heterocycles. The van der Waals surface area contributed by atoms with E-state index in [1.807, 2.05) is 18.2 Å². The maximum atomic E-state index is 3.71. The molecule has 4 aromatic rings. The maximum Gasteiger partial charge on any atom is 0.107 e. The van der Waals surface area contributed by atoms with Crippen molar-refractivity contribution in [2.75, 3.05) is 18.0 Å². The fourth-order valence-corrected chi connectivity index (χ4v) is 4.29. The summed E-state index contributed by atoms with van der Waals surface area (Å²) in [7, 11) is 0. The van der Waals surface area contributed by atoms with Gasteiger partial charge in [0.25, 0.3) is 0 Å². The molecule has 158 valence electrons. The van der Waals surface area contributed by atoms with Gasteiger partial charge in [-0.05, 0) is 54.8 Å². The number of rotatable bonds is 6. The zero-order valence-electron chi connectivity index (χ0n) is 18.8. The second-order valence-electron chi connectivity index (χ2n) is 7.82. The Bertz CT molecular complexity index is 1120. The normalized spacial score (nSPS) is 10.8. The topological polar surface area (TPSA) is 3.24 Å². The van der Waals surface area contributed by atoms with Gasteiger partial charge in [-0.15, -0.1) is 0 Å². The van der Waals surface area contributed by atoms with E-state index >= 15 is 0 Å². The summed E-state index contributed by atoms with van der Waals surface area (Å²) in [6.45, 7) is 6.38. The molecule has 0 saturated heterocycles. The fourth-order valence-electron chi connectivity index (χ4n) is 4.29. The molecule has 0 spiro atoms. The van der Waals surface area contributed by atoms with E-state index in [1.54, 1.807) is 0 Å². The van der Waals surface area contributed by atoms with Crippen molar-refractivity contribution in [2.45, 2.75) is 19.3 Å². The molecule has 4 aromatic carbocycles. The Morgan fingerprint density at radius 2 is 1.00 bits per heavy atom. The molecule has 0 heterocycles. The van der Waals surface area contributed by atoms with Crippen molar-refractivity contribution in [1.82, 2.24) is 0 Å². The average molecular weight is 416 g/mol. The van der Waals surface area contributed by atoms with Crippen LogP contribution in [0.3, 0.4) is 0 Å². The summed E-state index contributed by atoms with van der Waals surface area (Å²) in [5.41, 5.74) is 5.21. The lowest BCUT2D eigenvalue weighted by Crippen LogP contribution is -2.28. The van der Waals surface area contributed by atoms with Crippen LogP contribution in [-0.4, -0.2) is 13.1 Å². The minimum Gasteiger partial charge on any atom is -0.372 e. The summed E-state index contributed by atoms with van der Waals surface area (Å²) in [6, 6.07) is 40.4. The van der Waals surface area contributed by atoms with Gasteiger partial charge in [0, 0.05) is 24.3 Å². The first kappa shape index (κ1) is 21.5. The molecule has 0 fully saturated rings. The van der Waals surface area contributed by atoms with Gasteiger partial charge in [0.15, 0.2) is 0 Å². The summed E-state index contributed by atoms with van der Waals surface area (Å²) < 4.78 is 0. The highest BCUT2D eigenvalue weighted by Gasteiger charge is 2.34. The molecule has 0 unspecified atom stereocenters. The first-order chi connectivity index (χ1) is 15.8. The fraction of sp³-hybridized carbons (Fsp3) is 0.161. The Morgan fingerprint density at radius 1 is 0.562 bits per heavy atom. The van der Waals surface area contributed by atoms with Gasteiger partial charge in [-0.2, -0.15) is 0 Å². The monoisotopic (exact) mass is 415 g/mol. The van der Waals surface area contributed by atoms with Crippen molar-refractivity contribution >= 4 is 5.69 Å². The van der Waals surface area contributed by atoms with Crippen LogP contribution >= 0.6 is 0 Å². The van der Waals surface area contributed by atoms with E-state index in [0.717, 1.165) is 18.7 Å². The van der Waals surface area contributed by atoms with E-state index in [1.165, 1.54) is 22.4 Å². The predicted octanol–water partition coefficient (Wildman–Crippen LogP) is 6.92. The summed E-state index contributed by atoms with van der Waals surface area (Å²) in [5, 5.41) is 0. The number of nitrogens with zero attached hydrogens (tertiary/aromatic N) is 1. The maximum absolute atomic E-state index is 3.71. The Kier molecular flexibility index (Phi) is 6.73. The smallest absolute Gasteiger partial charge is 0.107 e. The van der Waals surface area contributed by atoms with Crippen molar-refractivity contribution in [1.29, 1.82) is 0 Å². The molecule has 0 radical (unpaired) electrons. The van der Waals surface area contributed by atoms with Gasteiger partial charge >= 0.3 is 0 Å². The summed E-state index contributed by atoms with van der Waals surface area (Å²) in [4.78, 5) is 2.37. The highest BCUT2D eigenvalue weighted by Crippen LogP contribution is 2.39. The van der Waals surface area contributed by atoms with Crippen LogP contribution in [0.2, 0.25) is 0 Å². The van der Waals surface area contributed by atoms with Crippen LogP contribution < -0.4 is 4.90 Å². The van der Waals surface area contributed by atoms with Crippen LogP contribution in [0, 0.1) is 11.8 Å². The van der Waals surface area contributed by atoms with Crippen molar-refractivity contribution < 1.29 is 0 Å². The molecule has 0 bridgehead atoms. The number of anilines is 1. The third-order valence-electron chi connectivity index (χ3n) is 6.01. The van der Waals surface area contributed by atoms with Crippen LogP contribution in [0.15, 0.2) is 115 Å². The van der Waals surface area contributed by atoms with Gasteiger partial charge in [0.1, 0.15) is 5.41 Å². The molecule has 0 atom stereocenters. The van der Waals surface area contributed by atoms with Gasteiger partial charge < -0.3 is 4.90 Å². The predicted molar refractivity (Wildman–Crippen MR) is 136 cm³/mol. The highest BCUT2D eigenvalue weighted by molar-refractivity contribution is 5.61. The van der Waals surface area contributed by atoms with Gasteiger partial charge in [0.05, 0.1) is 0 Å². The number of benzene rings is 4. The molecule has 4 rings (SSSR count). The van der Waals surface area contributed by atoms with Crippen LogP contribution in [0.1, 0.15) is 36.1 Å². The van der Waals surface area contributed by atoms with E-state index < -0.39 is 5.41 Å². The molecule has 0 N–H and O–H groups in total. The van der Waals surface area contributed by atoms with Gasteiger partial charge in [0.2, 0.25) is 0 Å². The average Bonchev–Trinajstić information content (AvgIpc) is 2.88. The molecule has 0 amide bonds. The summed E-state index contributed by atoms with van der Waals surface area (Å²) in [5.74, 6) is 7.19. The molecule has 0 aliphatic heterocycles. The zero-order chi connectivity index (χ0) is 22.2.